The molecule has 0 aromatic heterocycles. The van der Waals surface area contributed by atoms with E-state index in [9.17, 15) is 9.59 Å². The molecular formula is C16H17BrO4. The quantitative estimate of drug-likeness (QED) is 0.728. The van der Waals surface area contributed by atoms with Crippen LogP contribution in [0.15, 0.2) is 28.7 Å². The van der Waals surface area contributed by atoms with Gasteiger partial charge in [0.05, 0.1) is 0 Å². The third-order valence-corrected chi connectivity index (χ3v) is 5.27. The summed E-state index contributed by atoms with van der Waals surface area (Å²) in [7, 11) is 0. The van der Waals surface area contributed by atoms with Crippen LogP contribution < -0.4 is 0 Å². The molecule has 2 aliphatic rings. The zero-order valence-corrected chi connectivity index (χ0v) is 14.0. The zero-order chi connectivity index (χ0) is 15.6. The topological polar surface area (TPSA) is 52.6 Å². The smallest absolute Gasteiger partial charge is 0.316 e. The van der Waals surface area contributed by atoms with E-state index in [1.807, 2.05) is 24.3 Å². The summed E-state index contributed by atoms with van der Waals surface area (Å²) in [4.78, 5) is 24.7. The summed E-state index contributed by atoms with van der Waals surface area (Å²) in [6, 6.07) is 7.49. The highest BCUT2D eigenvalue weighted by molar-refractivity contribution is 9.10. The van der Waals surface area contributed by atoms with Gasteiger partial charge in [0.2, 0.25) is 0 Å². The van der Waals surface area contributed by atoms with Crippen molar-refractivity contribution in [1.82, 2.24) is 0 Å². The first kappa shape index (κ1) is 14.6. The van der Waals surface area contributed by atoms with Crippen LogP contribution in [0.4, 0.5) is 0 Å². The van der Waals surface area contributed by atoms with Crippen LogP contribution in [0.3, 0.4) is 0 Å². The standard InChI is InChI=1S/C16H17BrO4/c1-14(2)11-16(21-12(14)18,15(3,4)13(19)20-11)9-5-7-10(17)8-6-9/h5-8,11H,1-4H3/t11-,16-/m0/s1. The van der Waals surface area contributed by atoms with Gasteiger partial charge in [-0.3, -0.25) is 9.59 Å². The molecular weight excluding hydrogens is 336 g/mol. The Morgan fingerprint density at radius 3 is 2.14 bits per heavy atom. The molecule has 0 unspecified atom stereocenters. The lowest BCUT2D eigenvalue weighted by Crippen LogP contribution is -2.47. The second-order valence-corrected chi connectivity index (χ2v) is 7.68. The van der Waals surface area contributed by atoms with E-state index in [2.05, 4.69) is 15.9 Å². The summed E-state index contributed by atoms with van der Waals surface area (Å²) >= 11 is 3.39. The van der Waals surface area contributed by atoms with Crippen molar-refractivity contribution in [2.45, 2.75) is 39.4 Å². The molecule has 0 radical (unpaired) electrons. The van der Waals surface area contributed by atoms with Crippen LogP contribution in [0.25, 0.3) is 0 Å². The van der Waals surface area contributed by atoms with Crippen LogP contribution >= 0.6 is 15.9 Å². The summed E-state index contributed by atoms with van der Waals surface area (Å²) < 4.78 is 12.3. The van der Waals surface area contributed by atoms with E-state index >= 15 is 0 Å². The third-order valence-electron chi connectivity index (χ3n) is 4.74. The Balaban J connectivity index is 2.26. The molecule has 2 atom stereocenters. The minimum atomic E-state index is -1.08. The maximum Gasteiger partial charge on any atom is 0.316 e. The Kier molecular flexibility index (Phi) is 2.84. The molecule has 21 heavy (non-hydrogen) atoms. The lowest BCUT2D eigenvalue weighted by molar-refractivity contribution is -0.166. The number of rotatable bonds is 1. The van der Waals surface area contributed by atoms with Crippen molar-refractivity contribution in [1.29, 1.82) is 0 Å². The van der Waals surface area contributed by atoms with Gasteiger partial charge in [-0.2, -0.15) is 0 Å². The van der Waals surface area contributed by atoms with Gasteiger partial charge in [0, 0.05) is 10.0 Å². The summed E-state index contributed by atoms with van der Waals surface area (Å²) in [6.45, 7) is 7.06. The Morgan fingerprint density at radius 2 is 1.57 bits per heavy atom. The maximum atomic E-state index is 12.3. The van der Waals surface area contributed by atoms with Crippen LogP contribution in [0.1, 0.15) is 33.3 Å². The Morgan fingerprint density at radius 1 is 1.00 bits per heavy atom. The average molecular weight is 353 g/mol. The highest BCUT2D eigenvalue weighted by Crippen LogP contribution is 2.61. The fourth-order valence-corrected chi connectivity index (χ4v) is 3.57. The predicted octanol–water partition coefficient (Wildman–Crippen LogP) is 3.18. The minimum absolute atomic E-state index is 0.337. The van der Waals surface area contributed by atoms with Gasteiger partial charge >= 0.3 is 11.9 Å². The van der Waals surface area contributed by atoms with Gasteiger partial charge in [0.25, 0.3) is 0 Å². The van der Waals surface area contributed by atoms with Crippen molar-refractivity contribution in [3.63, 3.8) is 0 Å². The second kappa shape index (κ2) is 4.09. The number of carbonyl (C=O) groups excluding carboxylic acids is 2. The summed E-state index contributed by atoms with van der Waals surface area (Å²) in [5.41, 5.74) is -2.10. The van der Waals surface area contributed by atoms with Gasteiger partial charge in [-0.25, -0.2) is 0 Å². The minimum Gasteiger partial charge on any atom is -0.456 e. The molecule has 0 bridgehead atoms. The van der Waals surface area contributed by atoms with E-state index in [1.165, 1.54) is 0 Å². The van der Waals surface area contributed by atoms with Gasteiger partial charge in [0.1, 0.15) is 10.8 Å². The van der Waals surface area contributed by atoms with E-state index in [0.29, 0.717) is 0 Å². The molecule has 0 spiro atoms. The molecule has 0 amide bonds. The number of esters is 2. The van der Waals surface area contributed by atoms with Crippen molar-refractivity contribution < 1.29 is 19.1 Å². The molecule has 0 aliphatic carbocycles. The predicted molar refractivity (Wildman–Crippen MR) is 79.4 cm³/mol. The number of carbonyl (C=O) groups is 2. The largest absolute Gasteiger partial charge is 0.456 e. The molecule has 2 fully saturated rings. The van der Waals surface area contributed by atoms with E-state index < -0.39 is 22.5 Å². The lowest BCUT2D eigenvalue weighted by Gasteiger charge is -2.36. The number of fused-ring (bicyclic) bond motifs is 1. The van der Waals surface area contributed by atoms with E-state index in [1.54, 1.807) is 27.7 Å². The molecule has 0 N–H and O–H groups in total. The molecule has 4 nitrogen and oxygen atoms in total. The molecule has 1 aromatic carbocycles. The Bertz CT molecular complexity index is 630. The van der Waals surface area contributed by atoms with E-state index in [-0.39, 0.29) is 11.9 Å². The average Bonchev–Trinajstić information content (AvgIpc) is 2.73. The number of hydrogen-bond acceptors (Lipinski definition) is 4. The fourth-order valence-electron chi connectivity index (χ4n) is 3.31. The zero-order valence-electron chi connectivity index (χ0n) is 12.4. The van der Waals surface area contributed by atoms with Crippen molar-refractivity contribution in [3.8, 4) is 0 Å². The van der Waals surface area contributed by atoms with Crippen molar-refractivity contribution in [2.24, 2.45) is 10.8 Å². The van der Waals surface area contributed by atoms with Gasteiger partial charge in [-0.05, 0) is 39.8 Å². The SMILES string of the molecule is CC1(C)C(=O)O[C@@]2(c3ccc(Br)cc3)[C@H]1OC(=O)C2(C)C. The van der Waals surface area contributed by atoms with Gasteiger partial charge in [0.15, 0.2) is 11.7 Å². The molecule has 2 saturated heterocycles. The number of benzene rings is 1. The summed E-state index contributed by atoms with van der Waals surface area (Å²) in [5.74, 6) is -0.674. The van der Waals surface area contributed by atoms with Crippen LogP contribution in [0.5, 0.6) is 0 Å². The van der Waals surface area contributed by atoms with E-state index in [0.717, 1.165) is 10.0 Å². The molecule has 3 rings (SSSR count). The molecule has 2 aliphatic heterocycles. The molecule has 0 saturated carbocycles. The van der Waals surface area contributed by atoms with Crippen LogP contribution in [-0.4, -0.2) is 18.0 Å². The Labute approximate surface area is 131 Å². The Hall–Kier alpha value is -1.36. The molecule has 1 aromatic rings. The summed E-state index contributed by atoms with van der Waals surface area (Å²) in [6.07, 6.45) is -0.624. The fraction of sp³-hybridized carbons (Fsp3) is 0.500. The van der Waals surface area contributed by atoms with Crippen LogP contribution in [-0.2, 0) is 24.7 Å². The monoisotopic (exact) mass is 352 g/mol. The van der Waals surface area contributed by atoms with Gasteiger partial charge in [-0.1, -0.05) is 28.1 Å². The first-order valence-electron chi connectivity index (χ1n) is 6.84. The molecule has 2 heterocycles. The maximum absolute atomic E-state index is 12.3. The number of halogens is 1. The third kappa shape index (κ3) is 1.61. The highest BCUT2D eigenvalue weighted by Gasteiger charge is 2.75. The number of ether oxygens (including phenoxy) is 2. The normalized spacial score (nSPS) is 32.5. The van der Waals surface area contributed by atoms with Crippen molar-refractivity contribution in [3.05, 3.63) is 34.3 Å². The van der Waals surface area contributed by atoms with E-state index in [4.69, 9.17) is 9.47 Å². The highest BCUT2D eigenvalue weighted by atomic mass is 79.9. The lowest BCUT2D eigenvalue weighted by atomic mass is 9.66. The first-order valence-corrected chi connectivity index (χ1v) is 7.64. The molecule has 5 heteroatoms. The van der Waals surface area contributed by atoms with Crippen LogP contribution in [0.2, 0.25) is 0 Å². The summed E-state index contributed by atoms with van der Waals surface area (Å²) in [5, 5.41) is 0. The van der Waals surface area contributed by atoms with Crippen molar-refractivity contribution in [2.75, 3.05) is 0 Å². The van der Waals surface area contributed by atoms with Crippen LogP contribution in [0, 0.1) is 10.8 Å². The van der Waals surface area contributed by atoms with Gasteiger partial charge < -0.3 is 9.47 Å². The first-order chi connectivity index (χ1) is 9.64. The number of hydrogen-bond donors (Lipinski definition) is 0. The second-order valence-electron chi connectivity index (χ2n) is 6.76. The van der Waals surface area contributed by atoms with Gasteiger partial charge in [-0.15, -0.1) is 0 Å². The molecule has 112 valence electrons. The van der Waals surface area contributed by atoms with Crippen molar-refractivity contribution >= 4 is 27.9 Å².